The number of amides is 2. The highest BCUT2D eigenvalue weighted by atomic mass is 35.5. The summed E-state index contributed by atoms with van der Waals surface area (Å²) in [5, 5.41) is 9.50. The minimum atomic E-state index is -4.66. The summed E-state index contributed by atoms with van der Waals surface area (Å²) in [6.07, 6.45) is -3.73. The Hall–Kier alpha value is -2.25. The molecule has 4 nitrogen and oxygen atoms in total. The van der Waals surface area contributed by atoms with Gasteiger partial charge in [-0.1, -0.05) is 23.7 Å². The second kappa shape index (κ2) is 6.81. The number of fused-ring (bicyclic) bond motifs is 1. The lowest BCUT2D eigenvalue weighted by molar-refractivity contribution is -0.137. The number of hydrogen-bond donors (Lipinski definition) is 2. The maximum absolute atomic E-state index is 13.2. The molecule has 2 aromatic carbocycles. The van der Waals surface area contributed by atoms with Crippen LogP contribution in [0.2, 0.25) is 5.02 Å². The van der Waals surface area contributed by atoms with Gasteiger partial charge in [0.15, 0.2) is 0 Å². The van der Waals surface area contributed by atoms with E-state index in [1.807, 2.05) is 6.07 Å². The number of anilines is 2. The predicted molar refractivity (Wildman–Crippen MR) is 92.7 cm³/mol. The number of urea groups is 1. The van der Waals surface area contributed by atoms with E-state index in [1.54, 1.807) is 12.1 Å². The first kappa shape index (κ1) is 18.5. The van der Waals surface area contributed by atoms with Gasteiger partial charge < -0.3 is 10.8 Å². The lowest BCUT2D eigenvalue weighted by Crippen LogP contribution is -2.33. The normalized spacial score (nSPS) is 16.9. The van der Waals surface area contributed by atoms with Crippen molar-refractivity contribution < 1.29 is 23.1 Å². The average molecular weight is 385 g/mol. The van der Waals surface area contributed by atoms with Gasteiger partial charge in [0, 0.05) is 6.42 Å². The second-order valence-corrected chi connectivity index (χ2v) is 6.55. The summed E-state index contributed by atoms with van der Waals surface area (Å²) in [6, 6.07) is 7.44. The van der Waals surface area contributed by atoms with Crippen molar-refractivity contribution in [2.24, 2.45) is 5.73 Å². The van der Waals surface area contributed by atoms with Gasteiger partial charge in [-0.25, -0.2) is 4.79 Å². The van der Waals surface area contributed by atoms with E-state index in [4.69, 9.17) is 17.3 Å². The van der Waals surface area contributed by atoms with Gasteiger partial charge in [-0.3, -0.25) is 4.90 Å². The Morgan fingerprint density at radius 3 is 2.65 bits per heavy atom. The molecule has 0 radical (unpaired) electrons. The number of nitrogens with two attached hydrogens (primary N) is 1. The quantitative estimate of drug-likeness (QED) is 0.804. The van der Waals surface area contributed by atoms with Gasteiger partial charge >= 0.3 is 12.2 Å². The van der Waals surface area contributed by atoms with Crippen molar-refractivity contribution in [3.05, 3.63) is 58.1 Å². The van der Waals surface area contributed by atoms with Crippen LogP contribution in [0.15, 0.2) is 36.4 Å². The molecule has 1 aliphatic carbocycles. The smallest absolute Gasteiger partial charge is 0.393 e. The Labute approximate surface area is 153 Å². The van der Waals surface area contributed by atoms with E-state index in [-0.39, 0.29) is 5.69 Å². The number of nitrogens with zero attached hydrogens (tertiary/aromatic N) is 1. The largest absolute Gasteiger partial charge is 0.417 e. The van der Waals surface area contributed by atoms with Gasteiger partial charge in [0.1, 0.15) is 0 Å². The molecule has 2 amide bonds. The third-order valence-corrected chi connectivity index (χ3v) is 4.74. The van der Waals surface area contributed by atoms with Crippen LogP contribution < -0.4 is 10.6 Å². The van der Waals surface area contributed by atoms with Crippen LogP contribution in [0.4, 0.5) is 29.3 Å². The lowest BCUT2D eigenvalue weighted by Gasteiger charge is -2.29. The average Bonchev–Trinajstić information content (AvgIpc) is 2.55. The molecular formula is C18H16ClF3N2O2. The maximum atomic E-state index is 13.2. The molecule has 0 bridgehead atoms. The Morgan fingerprint density at radius 2 is 2.00 bits per heavy atom. The number of primary amides is 1. The molecule has 0 spiro atoms. The van der Waals surface area contributed by atoms with Gasteiger partial charge in [-0.2, -0.15) is 13.2 Å². The lowest BCUT2D eigenvalue weighted by atomic mass is 9.88. The Balaban J connectivity index is 2.15. The summed E-state index contributed by atoms with van der Waals surface area (Å²) in [7, 11) is 0. The Bertz CT molecular complexity index is 855. The van der Waals surface area contributed by atoms with Crippen LogP contribution >= 0.6 is 11.6 Å². The number of aryl methyl sites for hydroxylation is 1. The molecule has 3 rings (SSSR count). The molecule has 0 fully saturated rings. The van der Waals surface area contributed by atoms with E-state index in [0.29, 0.717) is 30.5 Å². The number of rotatable bonds is 2. The van der Waals surface area contributed by atoms with Crippen molar-refractivity contribution >= 4 is 29.0 Å². The van der Waals surface area contributed by atoms with Gasteiger partial charge in [-0.05, 0) is 48.2 Å². The first-order valence-electron chi connectivity index (χ1n) is 7.93. The number of aliphatic hydroxyl groups is 1. The fourth-order valence-corrected chi connectivity index (χ4v) is 3.44. The summed E-state index contributed by atoms with van der Waals surface area (Å²) in [4.78, 5) is 13.1. The molecule has 2 aromatic rings. The molecule has 0 aromatic heterocycles. The van der Waals surface area contributed by atoms with Gasteiger partial charge in [-0.15, -0.1) is 0 Å². The SMILES string of the molecule is NC(=O)N(c1ccc(Cl)c(C(F)(F)F)c1)c1cccc2c1C[C@H](O)CC2. The fraction of sp³-hybridized carbons (Fsp3) is 0.278. The first-order chi connectivity index (χ1) is 12.2. The zero-order valence-electron chi connectivity index (χ0n) is 13.6. The van der Waals surface area contributed by atoms with E-state index < -0.39 is 28.9 Å². The highest BCUT2D eigenvalue weighted by Gasteiger charge is 2.34. The van der Waals surface area contributed by atoms with Crippen LogP contribution in [-0.4, -0.2) is 17.2 Å². The van der Waals surface area contributed by atoms with Crippen LogP contribution in [0.5, 0.6) is 0 Å². The van der Waals surface area contributed by atoms with E-state index in [0.717, 1.165) is 22.6 Å². The molecule has 0 unspecified atom stereocenters. The van der Waals surface area contributed by atoms with Crippen molar-refractivity contribution in [3.63, 3.8) is 0 Å². The first-order valence-corrected chi connectivity index (χ1v) is 8.31. The number of halogens is 4. The molecule has 3 N–H and O–H groups in total. The van der Waals surface area contributed by atoms with E-state index in [2.05, 4.69) is 0 Å². The summed E-state index contributed by atoms with van der Waals surface area (Å²) in [5.74, 6) is 0. The van der Waals surface area contributed by atoms with Crippen molar-refractivity contribution in [1.29, 1.82) is 0 Å². The molecule has 26 heavy (non-hydrogen) atoms. The van der Waals surface area contributed by atoms with E-state index in [1.165, 1.54) is 6.07 Å². The third kappa shape index (κ3) is 3.50. The number of carbonyl (C=O) groups is 1. The van der Waals surface area contributed by atoms with Crippen molar-refractivity contribution in [3.8, 4) is 0 Å². The number of alkyl halides is 3. The summed E-state index contributed by atoms with van der Waals surface area (Å²) in [5.41, 5.74) is 6.39. The number of benzene rings is 2. The molecule has 0 saturated carbocycles. The van der Waals surface area contributed by atoms with Gasteiger partial charge in [0.05, 0.1) is 28.1 Å². The van der Waals surface area contributed by atoms with E-state index in [9.17, 15) is 23.1 Å². The highest BCUT2D eigenvalue weighted by molar-refractivity contribution is 6.31. The summed E-state index contributed by atoms with van der Waals surface area (Å²) in [6.45, 7) is 0. The second-order valence-electron chi connectivity index (χ2n) is 6.15. The molecule has 0 saturated heterocycles. The number of hydrogen-bond acceptors (Lipinski definition) is 2. The Morgan fingerprint density at radius 1 is 1.27 bits per heavy atom. The fourth-order valence-electron chi connectivity index (χ4n) is 3.21. The minimum absolute atomic E-state index is 0.0392. The highest BCUT2D eigenvalue weighted by Crippen LogP contribution is 2.40. The van der Waals surface area contributed by atoms with Crippen molar-refractivity contribution in [1.82, 2.24) is 0 Å². The molecular weight excluding hydrogens is 369 g/mol. The zero-order valence-corrected chi connectivity index (χ0v) is 14.3. The molecule has 1 aliphatic rings. The number of aliphatic hydroxyl groups excluding tert-OH is 1. The molecule has 1 atom stereocenters. The summed E-state index contributed by atoms with van der Waals surface area (Å²) >= 11 is 5.66. The summed E-state index contributed by atoms with van der Waals surface area (Å²) < 4.78 is 39.5. The van der Waals surface area contributed by atoms with Crippen LogP contribution in [0.25, 0.3) is 0 Å². The van der Waals surface area contributed by atoms with Gasteiger partial charge in [0.25, 0.3) is 0 Å². The van der Waals surface area contributed by atoms with E-state index >= 15 is 0 Å². The molecule has 0 aliphatic heterocycles. The Kier molecular flexibility index (Phi) is 4.86. The standard InChI is InChI=1S/C18H16ClF3N2O2/c19-15-7-5-11(8-14(15)18(20,21)22)24(17(23)26)16-3-1-2-10-4-6-12(25)9-13(10)16/h1-3,5,7-8,12,25H,4,6,9H2,(H2,23,26)/t12-/m1/s1. The van der Waals surface area contributed by atoms with Gasteiger partial charge in [0.2, 0.25) is 0 Å². The van der Waals surface area contributed by atoms with Crippen LogP contribution in [0.3, 0.4) is 0 Å². The maximum Gasteiger partial charge on any atom is 0.417 e. The topological polar surface area (TPSA) is 66.6 Å². The van der Waals surface area contributed by atoms with Crippen LogP contribution in [0, 0.1) is 0 Å². The van der Waals surface area contributed by atoms with Crippen LogP contribution in [-0.2, 0) is 19.0 Å². The monoisotopic (exact) mass is 384 g/mol. The molecule has 8 heteroatoms. The third-order valence-electron chi connectivity index (χ3n) is 4.41. The minimum Gasteiger partial charge on any atom is -0.393 e. The number of carbonyl (C=O) groups excluding carboxylic acids is 1. The van der Waals surface area contributed by atoms with Crippen LogP contribution in [0.1, 0.15) is 23.1 Å². The molecule has 0 heterocycles. The molecule has 138 valence electrons. The van der Waals surface area contributed by atoms with Crippen molar-refractivity contribution in [2.45, 2.75) is 31.5 Å². The predicted octanol–water partition coefficient (Wildman–Crippen LogP) is 4.43. The van der Waals surface area contributed by atoms with Crippen molar-refractivity contribution in [2.75, 3.05) is 4.90 Å². The zero-order chi connectivity index (χ0) is 19.1.